The molecule has 0 atom stereocenters. The Morgan fingerprint density at radius 2 is 1.71 bits per heavy atom. The Kier molecular flexibility index (Phi) is 5.99. The minimum Gasteiger partial charge on any atom is -0.372 e. The van der Waals surface area contributed by atoms with Crippen molar-refractivity contribution < 1.29 is 9.59 Å². The summed E-state index contributed by atoms with van der Waals surface area (Å²) in [6.07, 6.45) is 5.47. The van der Waals surface area contributed by atoms with Gasteiger partial charge >= 0.3 is 0 Å². The molecule has 3 rings (SSSR count). The monoisotopic (exact) mass is 377 g/mol. The Morgan fingerprint density at radius 3 is 2.25 bits per heavy atom. The number of amides is 2. The van der Waals surface area contributed by atoms with Crippen LogP contribution in [0.3, 0.4) is 0 Å². The molecule has 1 aromatic carbocycles. The molecule has 2 aliphatic rings. The van der Waals surface area contributed by atoms with Crippen LogP contribution in [0.2, 0.25) is 0 Å². The highest BCUT2D eigenvalue weighted by molar-refractivity contribution is 6.19. The molecule has 1 aromatic rings. The van der Waals surface area contributed by atoms with E-state index in [-0.39, 0.29) is 17.5 Å². The molecule has 1 heterocycles. The number of nitrogens with zero attached hydrogens (tertiary/aromatic N) is 3. The molecule has 1 saturated carbocycles. The largest absolute Gasteiger partial charge is 0.372 e. The average molecular weight is 377 g/mol. The van der Waals surface area contributed by atoms with Crippen molar-refractivity contribution in [3.05, 3.63) is 46.5 Å². The number of nitriles is 1. The summed E-state index contributed by atoms with van der Waals surface area (Å²) in [7, 11) is 0. The number of hydrogen-bond donors (Lipinski definition) is 0. The van der Waals surface area contributed by atoms with Gasteiger partial charge < -0.3 is 4.90 Å². The Bertz CT molecular complexity index is 864. The van der Waals surface area contributed by atoms with Crippen molar-refractivity contribution in [1.82, 2.24) is 4.90 Å². The molecule has 0 spiro atoms. The summed E-state index contributed by atoms with van der Waals surface area (Å²) in [4.78, 5) is 29.5. The standard InChI is InChI=1S/C23H27N3O2/c1-4-25(5-2)18-12-10-17(11-13-18)14-20-16(3)21(15-24)23(28)26(22(20)27)19-8-6-7-9-19/h10-14,19H,4-9H2,1-3H3/b20-14+. The van der Waals surface area contributed by atoms with Gasteiger partial charge in [0.15, 0.2) is 0 Å². The maximum absolute atomic E-state index is 13.2. The summed E-state index contributed by atoms with van der Waals surface area (Å²) in [5.74, 6) is -0.716. The molecule has 0 unspecified atom stereocenters. The van der Waals surface area contributed by atoms with Crippen LogP contribution in [0.25, 0.3) is 6.08 Å². The van der Waals surface area contributed by atoms with E-state index in [9.17, 15) is 14.9 Å². The van der Waals surface area contributed by atoms with E-state index >= 15 is 0 Å². The molecule has 0 bridgehead atoms. The van der Waals surface area contributed by atoms with Crippen LogP contribution in [0, 0.1) is 11.3 Å². The minimum atomic E-state index is -0.439. The van der Waals surface area contributed by atoms with E-state index < -0.39 is 5.91 Å². The number of anilines is 1. The highest BCUT2D eigenvalue weighted by atomic mass is 16.2. The van der Waals surface area contributed by atoms with Gasteiger partial charge in [-0.05, 0) is 63.0 Å². The third-order valence-electron chi connectivity index (χ3n) is 5.80. The Balaban J connectivity index is 1.98. The van der Waals surface area contributed by atoms with Crippen molar-refractivity contribution in [1.29, 1.82) is 5.26 Å². The van der Waals surface area contributed by atoms with Crippen molar-refractivity contribution in [2.45, 2.75) is 52.5 Å². The van der Waals surface area contributed by atoms with Crippen molar-refractivity contribution in [3.63, 3.8) is 0 Å². The Labute approximate surface area is 166 Å². The van der Waals surface area contributed by atoms with Crippen molar-refractivity contribution in [3.8, 4) is 6.07 Å². The molecule has 5 heteroatoms. The zero-order chi connectivity index (χ0) is 20.3. The fraction of sp³-hybridized carbons (Fsp3) is 0.435. The number of carbonyl (C=O) groups is 2. The number of rotatable bonds is 5. The smallest absolute Gasteiger partial charge is 0.271 e. The van der Waals surface area contributed by atoms with Crippen molar-refractivity contribution in [2.75, 3.05) is 18.0 Å². The highest BCUT2D eigenvalue weighted by Crippen LogP contribution is 2.33. The van der Waals surface area contributed by atoms with Gasteiger partial charge in [0, 0.05) is 30.4 Å². The first-order valence-corrected chi connectivity index (χ1v) is 10.1. The molecule has 0 N–H and O–H groups in total. The topological polar surface area (TPSA) is 64.4 Å². The van der Waals surface area contributed by atoms with E-state index in [1.165, 1.54) is 4.90 Å². The molecule has 2 amide bonds. The molecule has 0 aromatic heterocycles. The fourth-order valence-electron chi connectivity index (χ4n) is 4.13. The van der Waals surface area contributed by atoms with Crippen molar-refractivity contribution >= 4 is 23.6 Å². The van der Waals surface area contributed by atoms with Crippen LogP contribution in [0.15, 0.2) is 41.0 Å². The average Bonchev–Trinajstić information content (AvgIpc) is 3.22. The third-order valence-corrected chi connectivity index (χ3v) is 5.80. The molecule has 146 valence electrons. The molecule has 0 saturated heterocycles. The van der Waals surface area contributed by atoms with Crippen LogP contribution < -0.4 is 4.90 Å². The second-order valence-electron chi connectivity index (χ2n) is 7.35. The molecule has 1 fully saturated rings. The van der Waals surface area contributed by atoms with Gasteiger partial charge in [-0.2, -0.15) is 5.26 Å². The van der Waals surface area contributed by atoms with Gasteiger partial charge in [0.2, 0.25) is 0 Å². The number of hydrogen-bond acceptors (Lipinski definition) is 4. The fourth-order valence-corrected chi connectivity index (χ4v) is 4.13. The van der Waals surface area contributed by atoms with E-state index in [2.05, 4.69) is 18.7 Å². The lowest BCUT2D eigenvalue weighted by molar-refractivity contribution is -0.143. The van der Waals surface area contributed by atoms with Gasteiger partial charge in [0.05, 0.1) is 0 Å². The maximum Gasteiger partial charge on any atom is 0.271 e. The van der Waals surface area contributed by atoms with Crippen LogP contribution in [0.5, 0.6) is 0 Å². The second-order valence-corrected chi connectivity index (χ2v) is 7.35. The number of benzene rings is 1. The van der Waals surface area contributed by atoms with Crippen LogP contribution in [0.1, 0.15) is 52.0 Å². The van der Waals surface area contributed by atoms with Gasteiger partial charge in [0.1, 0.15) is 11.6 Å². The molecule has 0 radical (unpaired) electrons. The first-order valence-electron chi connectivity index (χ1n) is 10.1. The molecule has 5 nitrogen and oxygen atoms in total. The molecular formula is C23H27N3O2. The molecule has 1 aliphatic heterocycles. The summed E-state index contributed by atoms with van der Waals surface area (Å²) in [5, 5.41) is 9.51. The normalized spacial score (nSPS) is 19.5. The Morgan fingerprint density at radius 1 is 1.11 bits per heavy atom. The molecule has 28 heavy (non-hydrogen) atoms. The number of carbonyl (C=O) groups excluding carboxylic acids is 2. The van der Waals surface area contributed by atoms with Crippen LogP contribution in [-0.4, -0.2) is 35.8 Å². The quantitative estimate of drug-likeness (QED) is 0.573. The van der Waals surface area contributed by atoms with Crippen LogP contribution in [0.4, 0.5) is 5.69 Å². The summed E-state index contributed by atoms with van der Waals surface area (Å²) < 4.78 is 0. The van der Waals surface area contributed by atoms with E-state index in [1.807, 2.05) is 30.3 Å². The van der Waals surface area contributed by atoms with Crippen molar-refractivity contribution in [2.24, 2.45) is 0 Å². The first kappa shape index (κ1) is 19.9. The van der Waals surface area contributed by atoms with Gasteiger partial charge in [-0.25, -0.2) is 0 Å². The van der Waals surface area contributed by atoms with Gasteiger partial charge in [-0.15, -0.1) is 0 Å². The van der Waals surface area contributed by atoms with Gasteiger partial charge in [-0.3, -0.25) is 14.5 Å². The van der Waals surface area contributed by atoms with Crippen LogP contribution in [-0.2, 0) is 9.59 Å². The Hall–Kier alpha value is -2.87. The summed E-state index contributed by atoms with van der Waals surface area (Å²) in [5.41, 5.74) is 3.02. The van der Waals surface area contributed by atoms with E-state index in [0.29, 0.717) is 11.1 Å². The van der Waals surface area contributed by atoms with E-state index in [0.717, 1.165) is 50.0 Å². The third kappa shape index (κ3) is 3.60. The van der Waals surface area contributed by atoms with E-state index in [1.54, 1.807) is 13.0 Å². The van der Waals surface area contributed by atoms with Crippen LogP contribution >= 0.6 is 0 Å². The minimum absolute atomic E-state index is 0.0810. The molecular weight excluding hydrogens is 350 g/mol. The summed E-state index contributed by atoms with van der Waals surface area (Å²) in [6, 6.07) is 9.96. The number of imide groups is 1. The lowest BCUT2D eigenvalue weighted by atomic mass is 9.92. The maximum atomic E-state index is 13.2. The predicted molar refractivity (Wildman–Crippen MR) is 110 cm³/mol. The van der Waals surface area contributed by atoms with E-state index in [4.69, 9.17) is 0 Å². The summed E-state index contributed by atoms with van der Waals surface area (Å²) >= 11 is 0. The van der Waals surface area contributed by atoms with Gasteiger partial charge in [-0.1, -0.05) is 25.0 Å². The zero-order valence-corrected chi connectivity index (χ0v) is 16.9. The predicted octanol–water partition coefficient (Wildman–Crippen LogP) is 4.07. The second kappa shape index (κ2) is 8.43. The van der Waals surface area contributed by atoms with Gasteiger partial charge in [0.25, 0.3) is 11.8 Å². The molecule has 1 aliphatic carbocycles. The lowest BCUT2D eigenvalue weighted by Gasteiger charge is -2.32. The summed E-state index contributed by atoms with van der Waals surface area (Å²) in [6.45, 7) is 7.79. The first-order chi connectivity index (χ1) is 13.5. The SMILES string of the molecule is CCN(CC)c1ccc(/C=C2/C(=O)N(C3CCCC3)C(=O)C(C#N)=C2C)cc1. The highest BCUT2D eigenvalue weighted by Gasteiger charge is 2.40. The lowest BCUT2D eigenvalue weighted by Crippen LogP contribution is -2.47. The zero-order valence-electron chi connectivity index (χ0n) is 16.9.